The molecule has 1 aliphatic heterocycles. The Morgan fingerprint density at radius 3 is 2.46 bits per heavy atom. The lowest BCUT2D eigenvalue weighted by Crippen LogP contribution is -2.49. The maximum absolute atomic E-state index is 13.1. The Labute approximate surface area is 138 Å². The topological polar surface area (TPSA) is 61.7 Å². The summed E-state index contributed by atoms with van der Waals surface area (Å²) in [5.74, 6) is 0. The smallest absolute Gasteiger partial charge is 0.383 e. The number of nitrogens with one attached hydrogen (secondary N) is 1. The highest BCUT2D eigenvalue weighted by Gasteiger charge is 2.35. The molecule has 134 valence electrons. The molecule has 1 fully saturated rings. The molecule has 0 spiro atoms. The van der Waals surface area contributed by atoms with E-state index in [9.17, 15) is 23.3 Å². The van der Waals surface area contributed by atoms with Crippen LogP contribution in [0.3, 0.4) is 0 Å². The number of rotatable bonds is 5. The van der Waals surface area contributed by atoms with Crippen molar-refractivity contribution in [2.45, 2.75) is 19.1 Å². The van der Waals surface area contributed by atoms with E-state index in [2.05, 4.69) is 15.1 Å². The van der Waals surface area contributed by atoms with Crippen LogP contribution in [0.25, 0.3) is 0 Å². The number of likely N-dealkylation sites (N-methyl/N-ethyl adjacent to an activating group) is 1. The van der Waals surface area contributed by atoms with E-state index < -0.39 is 22.4 Å². The Morgan fingerprint density at radius 2 is 1.92 bits per heavy atom. The number of alkyl halides is 3. The zero-order chi connectivity index (χ0) is 17.9. The molecule has 1 aliphatic rings. The molecule has 1 heterocycles. The van der Waals surface area contributed by atoms with Crippen LogP contribution in [0.15, 0.2) is 18.2 Å². The Morgan fingerprint density at radius 1 is 1.29 bits per heavy atom. The second-order valence-corrected chi connectivity index (χ2v) is 6.05. The molecule has 1 aromatic carbocycles. The minimum Gasteiger partial charge on any atom is -0.383 e. The molecule has 1 atom stereocenters. The fourth-order valence-corrected chi connectivity index (χ4v) is 2.68. The molecule has 2 rings (SSSR count). The highest BCUT2D eigenvalue weighted by Crippen LogP contribution is 2.37. The third-order valence-electron chi connectivity index (χ3n) is 4.27. The first-order valence-electron chi connectivity index (χ1n) is 7.70. The van der Waals surface area contributed by atoms with Gasteiger partial charge >= 0.3 is 6.18 Å². The summed E-state index contributed by atoms with van der Waals surface area (Å²) in [6.45, 7) is 5.88. The number of benzene rings is 1. The van der Waals surface area contributed by atoms with Gasteiger partial charge in [0.1, 0.15) is 0 Å². The van der Waals surface area contributed by atoms with Crippen LogP contribution in [-0.2, 0) is 6.18 Å². The Bertz CT molecular complexity index is 587. The van der Waals surface area contributed by atoms with Gasteiger partial charge in [-0.1, -0.05) is 0 Å². The second-order valence-electron chi connectivity index (χ2n) is 6.05. The average molecular weight is 346 g/mol. The van der Waals surface area contributed by atoms with Gasteiger partial charge in [0.2, 0.25) is 0 Å². The van der Waals surface area contributed by atoms with Gasteiger partial charge in [0.25, 0.3) is 5.69 Å². The third kappa shape index (κ3) is 4.57. The molecule has 6 nitrogen and oxygen atoms in total. The molecule has 24 heavy (non-hydrogen) atoms. The highest BCUT2D eigenvalue weighted by molar-refractivity contribution is 5.57. The maximum Gasteiger partial charge on any atom is 0.418 e. The fourth-order valence-electron chi connectivity index (χ4n) is 2.68. The molecule has 1 saturated heterocycles. The first-order valence-corrected chi connectivity index (χ1v) is 7.70. The van der Waals surface area contributed by atoms with E-state index in [0.717, 1.165) is 38.3 Å². The molecular formula is C15H21F3N4O2. The summed E-state index contributed by atoms with van der Waals surface area (Å²) < 4.78 is 39.4. The molecule has 0 amide bonds. The van der Waals surface area contributed by atoms with E-state index in [4.69, 9.17) is 0 Å². The van der Waals surface area contributed by atoms with E-state index in [1.807, 2.05) is 14.0 Å². The van der Waals surface area contributed by atoms with Crippen LogP contribution in [0.4, 0.5) is 24.5 Å². The molecule has 9 heteroatoms. The van der Waals surface area contributed by atoms with E-state index >= 15 is 0 Å². The van der Waals surface area contributed by atoms with E-state index in [-0.39, 0.29) is 11.7 Å². The zero-order valence-corrected chi connectivity index (χ0v) is 13.6. The summed E-state index contributed by atoms with van der Waals surface area (Å²) >= 11 is 0. The molecule has 0 saturated carbocycles. The van der Waals surface area contributed by atoms with E-state index in [1.165, 1.54) is 0 Å². The number of anilines is 1. The lowest BCUT2D eigenvalue weighted by molar-refractivity contribution is -0.385. The summed E-state index contributed by atoms with van der Waals surface area (Å²) in [6.07, 6.45) is -4.65. The van der Waals surface area contributed by atoms with E-state index in [1.54, 1.807) is 0 Å². The molecule has 0 bridgehead atoms. The number of nitro benzene ring substituents is 1. The summed E-state index contributed by atoms with van der Waals surface area (Å²) in [4.78, 5) is 14.3. The van der Waals surface area contributed by atoms with Crippen LogP contribution in [-0.4, -0.2) is 60.5 Å². The summed E-state index contributed by atoms with van der Waals surface area (Å²) in [5.41, 5.74) is -1.71. The summed E-state index contributed by atoms with van der Waals surface area (Å²) in [6, 6.07) is 2.84. The van der Waals surface area contributed by atoms with Crippen molar-refractivity contribution >= 4 is 11.4 Å². The van der Waals surface area contributed by atoms with Crippen molar-refractivity contribution in [1.82, 2.24) is 9.80 Å². The number of halogens is 3. The third-order valence-corrected chi connectivity index (χ3v) is 4.27. The lowest BCUT2D eigenvalue weighted by atomic mass is 10.1. The number of hydrogen-bond acceptors (Lipinski definition) is 5. The average Bonchev–Trinajstić information content (AvgIpc) is 2.52. The molecule has 1 aromatic rings. The normalized spacial score (nSPS) is 18.4. The van der Waals surface area contributed by atoms with Gasteiger partial charge in [0.05, 0.1) is 10.5 Å². The first kappa shape index (κ1) is 18.5. The second kappa shape index (κ2) is 7.35. The Hall–Kier alpha value is -1.87. The van der Waals surface area contributed by atoms with Crippen molar-refractivity contribution in [3.8, 4) is 0 Å². The maximum atomic E-state index is 13.1. The van der Waals surface area contributed by atoms with Crippen LogP contribution in [0, 0.1) is 10.1 Å². The van der Waals surface area contributed by atoms with Crippen LogP contribution in [0.5, 0.6) is 0 Å². The molecule has 0 radical (unpaired) electrons. The minimum atomic E-state index is -4.65. The van der Waals surface area contributed by atoms with Gasteiger partial charge in [-0.2, -0.15) is 13.2 Å². The quantitative estimate of drug-likeness (QED) is 0.656. The summed E-state index contributed by atoms with van der Waals surface area (Å²) in [5, 5.41) is 13.5. The number of hydrogen-bond donors (Lipinski definition) is 1. The van der Waals surface area contributed by atoms with Crippen molar-refractivity contribution in [2.24, 2.45) is 0 Å². The molecular weight excluding hydrogens is 325 g/mol. The van der Waals surface area contributed by atoms with E-state index in [0.29, 0.717) is 12.6 Å². The fraction of sp³-hybridized carbons (Fsp3) is 0.600. The van der Waals surface area contributed by atoms with Crippen molar-refractivity contribution in [3.05, 3.63) is 33.9 Å². The van der Waals surface area contributed by atoms with Crippen LogP contribution in [0.2, 0.25) is 0 Å². The Balaban J connectivity index is 2.07. The van der Waals surface area contributed by atoms with Gasteiger partial charge < -0.3 is 10.2 Å². The summed E-state index contributed by atoms with van der Waals surface area (Å²) in [7, 11) is 2.03. The predicted molar refractivity (Wildman–Crippen MR) is 85.1 cm³/mol. The SMILES string of the molecule is CC(CNc1ccc([N+](=O)[O-])cc1C(F)(F)F)N1CCN(C)CC1. The van der Waals surface area contributed by atoms with Crippen molar-refractivity contribution < 1.29 is 18.1 Å². The van der Waals surface area contributed by atoms with Gasteiger partial charge in [0.15, 0.2) is 0 Å². The molecule has 0 aliphatic carbocycles. The first-order chi connectivity index (χ1) is 11.2. The van der Waals surface area contributed by atoms with Crippen LogP contribution >= 0.6 is 0 Å². The lowest BCUT2D eigenvalue weighted by Gasteiger charge is -2.36. The number of nitrogens with zero attached hydrogens (tertiary/aromatic N) is 3. The van der Waals surface area contributed by atoms with Crippen molar-refractivity contribution in [2.75, 3.05) is 45.1 Å². The number of nitro groups is 1. The van der Waals surface area contributed by atoms with Gasteiger partial charge in [-0.25, -0.2) is 0 Å². The van der Waals surface area contributed by atoms with Crippen molar-refractivity contribution in [1.29, 1.82) is 0 Å². The largest absolute Gasteiger partial charge is 0.418 e. The standard InChI is InChI=1S/C15H21F3N4O2/c1-11(21-7-5-20(2)6-8-21)10-19-14-4-3-12(22(23)24)9-13(14)15(16,17)18/h3-4,9,11,19H,5-8,10H2,1-2H3. The van der Waals surface area contributed by atoms with Crippen LogP contribution in [0.1, 0.15) is 12.5 Å². The van der Waals surface area contributed by atoms with Gasteiger partial charge in [-0.15, -0.1) is 0 Å². The predicted octanol–water partition coefficient (Wildman–Crippen LogP) is 2.66. The van der Waals surface area contributed by atoms with Gasteiger partial charge in [-0.3, -0.25) is 15.0 Å². The number of piperazine rings is 1. The molecule has 1 unspecified atom stereocenters. The minimum absolute atomic E-state index is 0.0648. The molecule has 0 aromatic heterocycles. The Kier molecular flexibility index (Phi) is 5.66. The molecule has 1 N–H and O–H groups in total. The van der Waals surface area contributed by atoms with Crippen molar-refractivity contribution in [3.63, 3.8) is 0 Å². The monoisotopic (exact) mass is 346 g/mol. The van der Waals surface area contributed by atoms with Crippen LogP contribution < -0.4 is 5.32 Å². The van der Waals surface area contributed by atoms with Gasteiger partial charge in [-0.05, 0) is 20.0 Å². The van der Waals surface area contributed by atoms with Gasteiger partial charge in [0, 0.05) is 56.6 Å². The highest BCUT2D eigenvalue weighted by atomic mass is 19.4. The number of non-ortho nitro benzene ring substituents is 1. The zero-order valence-electron chi connectivity index (χ0n) is 13.6.